The summed E-state index contributed by atoms with van der Waals surface area (Å²) in [6.45, 7) is 5.15. The lowest BCUT2D eigenvalue weighted by Gasteiger charge is -2.23. The van der Waals surface area contributed by atoms with Crippen LogP contribution in [0.25, 0.3) is 0 Å². The third-order valence-corrected chi connectivity index (χ3v) is 4.45. The van der Waals surface area contributed by atoms with Gasteiger partial charge in [0.25, 0.3) is 0 Å². The molecule has 0 aromatic heterocycles. The monoisotopic (exact) mass is 380 g/mol. The lowest BCUT2D eigenvalue weighted by Crippen LogP contribution is -2.35. The van der Waals surface area contributed by atoms with E-state index in [-0.39, 0.29) is 13.2 Å². The minimum Gasteiger partial charge on any atom is -0.463 e. The van der Waals surface area contributed by atoms with Gasteiger partial charge >= 0.3 is 13.8 Å². The van der Waals surface area contributed by atoms with E-state index in [2.05, 4.69) is 27.7 Å². The fourth-order valence-electron chi connectivity index (χ4n) is 2.05. The highest BCUT2D eigenvalue weighted by molar-refractivity contribution is 7.47. The van der Waals surface area contributed by atoms with Crippen LogP contribution in [0.5, 0.6) is 0 Å². The maximum atomic E-state index is 11.7. The van der Waals surface area contributed by atoms with E-state index in [1.165, 1.54) is 0 Å². The van der Waals surface area contributed by atoms with E-state index in [4.69, 9.17) is 13.8 Å². The molecular formula is C17H35NO6P+. The number of unbranched alkanes of at least 4 members (excludes halogenated alkanes) is 5. The van der Waals surface area contributed by atoms with Crippen molar-refractivity contribution in [1.29, 1.82) is 0 Å². The molecule has 1 unspecified atom stereocenters. The van der Waals surface area contributed by atoms with E-state index < -0.39 is 13.8 Å². The Balaban J connectivity index is 3.49. The first-order chi connectivity index (χ1) is 11.7. The smallest absolute Gasteiger partial charge is 0.463 e. The summed E-state index contributed by atoms with van der Waals surface area (Å²) in [6, 6.07) is 0. The van der Waals surface area contributed by atoms with E-state index >= 15 is 0 Å². The van der Waals surface area contributed by atoms with Crippen molar-refractivity contribution < 1.29 is 32.5 Å². The number of hydrogen-bond donors (Lipinski definition) is 1. The summed E-state index contributed by atoms with van der Waals surface area (Å²) >= 11 is 0. The molecule has 0 rings (SSSR count). The second-order valence-corrected chi connectivity index (χ2v) is 8.45. The highest BCUT2D eigenvalue weighted by atomic mass is 31.2. The Morgan fingerprint density at radius 3 is 1.96 bits per heavy atom. The standard InChI is InChI=1S/C17H34NO6P/c1-5-17(19)22-14-10-7-6-8-11-15-23-25(20,21)24-16-12-9-13-18(2,3)4/h5H,1,6-16H2,2-4H3/p+1. The van der Waals surface area contributed by atoms with Crippen molar-refractivity contribution in [3.63, 3.8) is 0 Å². The van der Waals surface area contributed by atoms with E-state index in [0.29, 0.717) is 13.0 Å². The van der Waals surface area contributed by atoms with Crippen LogP contribution in [0.15, 0.2) is 12.7 Å². The number of nitrogens with zero attached hydrogens (tertiary/aromatic N) is 1. The Morgan fingerprint density at radius 2 is 1.44 bits per heavy atom. The van der Waals surface area contributed by atoms with Gasteiger partial charge in [-0.1, -0.05) is 25.8 Å². The van der Waals surface area contributed by atoms with Crippen LogP contribution < -0.4 is 0 Å². The molecule has 148 valence electrons. The average molecular weight is 380 g/mol. The lowest BCUT2D eigenvalue weighted by atomic mass is 10.1. The Bertz CT molecular complexity index is 422. The second kappa shape index (κ2) is 13.5. The number of hydrogen-bond acceptors (Lipinski definition) is 5. The predicted molar refractivity (Wildman–Crippen MR) is 98.1 cm³/mol. The van der Waals surface area contributed by atoms with Gasteiger partial charge in [0.2, 0.25) is 0 Å². The molecule has 8 heteroatoms. The maximum Gasteiger partial charge on any atom is 0.472 e. The van der Waals surface area contributed by atoms with Gasteiger partial charge in [0.1, 0.15) is 0 Å². The molecule has 7 nitrogen and oxygen atoms in total. The van der Waals surface area contributed by atoms with Gasteiger partial charge in [0, 0.05) is 6.08 Å². The van der Waals surface area contributed by atoms with Crippen molar-refractivity contribution in [2.75, 3.05) is 47.5 Å². The summed E-state index contributed by atoms with van der Waals surface area (Å²) < 4.78 is 27.3. The first kappa shape index (κ1) is 24.3. The number of esters is 1. The normalized spacial score (nSPS) is 14.1. The summed E-state index contributed by atoms with van der Waals surface area (Å²) in [5, 5.41) is 0. The van der Waals surface area contributed by atoms with Crippen LogP contribution in [0.2, 0.25) is 0 Å². The summed E-state index contributed by atoms with van der Waals surface area (Å²) in [4.78, 5) is 20.4. The van der Waals surface area contributed by atoms with Gasteiger partial charge in [0.05, 0.1) is 47.5 Å². The van der Waals surface area contributed by atoms with Gasteiger partial charge in [-0.3, -0.25) is 9.05 Å². The topological polar surface area (TPSA) is 82.1 Å². The molecule has 0 amide bonds. The Hall–Kier alpha value is -0.720. The molecule has 0 radical (unpaired) electrons. The van der Waals surface area contributed by atoms with Crippen LogP contribution in [0.4, 0.5) is 0 Å². The molecule has 0 fully saturated rings. The zero-order valence-corrected chi connectivity index (χ0v) is 16.8. The number of ether oxygens (including phenoxy) is 1. The van der Waals surface area contributed by atoms with Gasteiger partial charge in [-0.2, -0.15) is 0 Å². The molecule has 0 aliphatic heterocycles. The zero-order chi connectivity index (χ0) is 19.2. The fourth-order valence-corrected chi connectivity index (χ4v) is 2.85. The summed E-state index contributed by atoms with van der Waals surface area (Å²) in [6.07, 6.45) is 7.10. The first-order valence-electron chi connectivity index (χ1n) is 8.88. The third kappa shape index (κ3) is 17.9. The molecule has 0 spiro atoms. The van der Waals surface area contributed by atoms with E-state index in [9.17, 15) is 14.3 Å². The third-order valence-electron chi connectivity index (χ3n) is 3.43. The van der Waals surface area contributed by atoms with Gasteiger partial charge in [0.15, 0.2) is 0 Å². The van der Waals surface area contributed by atoms with E-state index in [1.54, 1.807) is 0 Å². The summed E-state index contributed by atoms with van der Waals surface area (Å²) in [7, 11) is 2.39. The van der Waals surface area contributed by atoms with Crippen LogP contribution in [0, 0.1) is 0 Å². The van der Waals surface area contributed by atoms with Crippen molar-refractivity contribution in [1.82, 2.24) is 0 Å². The Kier molecular flexibility index (Phi) is 13.1. The predicted octanol–water partition coefficient (Wildman–Crippen LogP) is 3.29. The molecule has 0 aliphatic rings. The number of phosphoric acid groups is 1. The quantitative estimate of drug-likeness (QED) is 0.145. The van der Waals surface area contributed by atoms with Crippen LogP contribution >= 0.6 is 7.82 Å². The Morgan fingerprint density at radius 1 is 0.960 bits per heavy atom. The van der Waals surface area contributed by atoms with E-state index in [0.717, 1.165) is 55.6 Å². The SMILES string of the molecule is C=CC(=O)OCCCCCCCOP(=O)(O)OCCCC[N+](C)(C)C. The molecule has 0 saturated heterocycles. The van der Waals surface area contributed by atoms with Crippen LogP contribution in [0.3, 0.4) is 0 Å². The number of quaternary nitrogens is 1. The number of carbonyl (C=O) groups excluding carboxylic acids is 1. The van der Waals surface area contributed by atoms with Crippen molar-refractivity contribution in [2.45, 2.75) is 44.9 Å². The van der Waals surface area contributed by atoms with Gasteiger partial charge in [-0.25, -0.2) is 9.36 Å². The van der Waals surface area contributed by atoms with Crippen LogP contribution in [-0.2, 0) is 23.1 Å². The second-order valence-electron chi connectivity index (χ2n) is 7.00. The highest BCUT2D eigenvalue weighted by Gasteiger charge is 2.20. The fraction of sp³-hybridized carbons (Fsp3) is 0.824. The first-order valence-corrected chi connectivity index (χ1v) is 10.4. The van der Waals surface area contributed by atoms with Crippen molar-refractivity contribution in [2.24, 2.45) is 0 Å². The molecule has 0 bridgehead atoms. The molecule has 1 N–H and O–H groups in total. The van der Waals surface area contributed by atoms with Crippen molar-refractivity contribution in [3.8, 4) is 0 Å². The molecule has 1 atom stereocenters. The lowest BCUT2D eigenvalue weighted by molar-refractivity contribution is -0.870. The van der Waals surface area contributed by atoms with Crippen LogP contribution in [0.1, 0.15) is 44.9 Å². The largest absolute Gasteiger partial charge is 0.472 e. The molecule has 0 aromatic rings. The number of rotatable bonds is 16. The number of phosphoric ester groups is 1. The van der Waals surface area contributed by atoms with E-state index in [1.807, 2.05) is 0 Å². The Labute approximate surface area is 152 Å². The molecule has 25 heavy (non-hydrogen) atoms. The van der Waals surface area contributed by atoms with Crippen molar-refractivity contribution in [3.05, 3.63) is 12.7 Å². The maximum absolute atomic E-state index is 11.7. The van der Waals surface area contributed by atoms with Crippen molar-refractivity contribution >= 4 is 13.8 Å². The van der Waals surface area contributed by atoms with Crippen LogP contribution in [-0.4, -0.2) is 62.9 Å². The zero-order valence-electron chi connectivity index (χ0n) is 15.9. The molecule has 0 aliphatic carbocycles. The highest BCUT2D eigenvalue weighted by Crippen LogP contribution is 2.43. The summed E-state index contributed by atoms with van der Waals surface area (Å²) in [5.41, 5.74) is 0. The van der Waals surface area contributed by atoms with Gasteiger partial charge < -0.3 is 14.1 Å². The minimum atomic E-state index is -3.93. The minimum absolute atomic E-state index is 0.206. The van der Waals surface area contributed by atoms with Gasteiger partial charge in [-0.05, 0) is 25.7 Å². The number of carbonyl (C=O) groups is 1. The molecule has 0 aromatic carbocycles. The van der Waals surface area contributed by atoms with Gasteiger partial charge in [-0.15, -0.1) is 0 Å². The summed E-state index contributed by atoms with van der Waals surface area (Å²) in [5.74, 6) is -0.399. The average Bonchev–Trinajstić information content (AvgIpc) is 2.51. The molecule has 0 heterocycles. The molecular weight excluding hydrogens is 345 g/mol. The molecule has 0 saturated carbocycles.